The number of likely N-dealkylation sites (tertiary alicyclic amines) is 1. The van der Waals surface area contributed by atoms with Gasteiger partial charge in [-0.2, -0.15) is 0 Å². The van der Waals surface area contributed by atoms with Gasteiger partial charge in [0.05, 0.1) is 6.61 Å². The molecule has 17 heavy (non-hydrogen) atoms. The van der Waals surface area contributed by atoms with Gasteiger partial charge in [0.15, 0.2) is 0 Å². The van der Waals surface area contributed by atoms with Crippen molar-refractivity contribution in [2.45, 2.75) is 50.5 Å². The molecule has 0 radical (unpaired) electrons. The summed E-state index contributed by atoms with van der Waals surface area (Å²) in [6.45, 7) is 4.44. The van der Waals surface area contributed by atoms with Gasteiger partial charge in [-0.3, -0.25) is 0 Å². The summed E-state index contributed by atoms with van der Waals surface area (Å²) < 4.78 is 5.29. The number of hydrogen-bond donors (Lipinski definition) is 1. The predicted octanol–water partition coefficient (Wildman–Crippen LogP) is 2.01. The van der Waals surface area contributed by atoms with Crippen LogP contribution in [0.25, 0.3) is 0 Å². The zero-order chi connectivity index (χ0) is 12.1. The van der Waals surface area contributed by atoms with E-state index in [0.717, 1.165) is 19.1 Å². The normalized spacial score (nSPS) is 30.4. The van der Waals surface area contributed by atoms with Crippen LogP contribution >= 0.6 is 0 Å². The maximum Gasteiger partial charge on any atom is 0.0502 e. The van der Waals surface area contributed by atoms with Crippen LogP contribution in [0.3, 0.4) is 0 Å². The van der Waals surface area contributed by atoms with Crippen molar-refractivity contribution in [2.75, 3.05) is 33.4 Å². The van der Waals surface area contributed by atoms with Crippen LogP contribution in [-0.4, -0.2) is 43.8 Å². The van der Waals surface area contributed by atoms with E-state index >= 15 is 0 Å². The van der Waals surface area contributed by atoms with Gasteiger partial charge in [-0.05, 0) is 38.1 Å². The summed E-state index contributed by atoms with van der Waals surface area (Å²) in [5.74, 6) is 0.723. The SMILES string of the molecule is COCC1CCCN(CC2(N)CCCCC2)C1. The summed E-state index contributed by atoms with van der Waals surface area (Å²) in [6, 6.07) is 0. The lowest BCUT2D eigenvalue weighted by Crippen LogP contribution is -2.53. The molecular weight excluding hydrogens is 212 g/mol. The third kappa shape index (κ3) is 3.94. The van der Waals surface area contributed by atoms with E-state index in [4.69, 9.17) is 10.5 Å². The van der Waals surface area contributed by atoms with Crippen molar-refractivity contribution in [2.24, 2.45) is 11.7 Å². The molecule has 1 heterocycles. The minimum atomic E-state index is 0.104. The quantitative estimate of drug-likeness (QED) is 0.817. The number of rotatable bonds is 4. The lowest BCUT2D eigenvalue weighted by molar-refractivity contribution is 0.0725. The van der Waals surface area contributed by atoms with Crippen LogP contribution < -0.4 is 5.73 Å². The molecule has 0 aromatic heterocycles. The highest BCUT2D eigenvalue weighted by Crippen LogP contribution is 2.28. The van der Waals surface area contributed by atoms with Crippen LogP contribution in [-0.2, 0) is 4.74 Å². The molecule has 2 rings (SSSR count). The highest BCUT2D eigenvalue weighted by Gasteiger charge is 2.31. The fourth-order valence-corrected chi connectivity index (χ4v) is 3.53. The number of piperidine rings is 1. The lowest BCUT2D eigenvalue weighted by Gasteiger charge is -2.41. The van der Waals surface area contributed by atoms with E-state index in [-0.39, 0.29) is 5.54 Å². The van der Waals surface area contributed by atoms with Crippen LogP contribution in [0.5, 0.6) is 0 Å². The van der Waals surface area contributed by atoms with Gasteiger partial charge in [-0.1, -0.05) is 19.3 Å². The Kier molecular flexibility index (Phi) is 4.83. The largest absolute Gasteiger partial charge is 0.384 e. The molecule has 0 spiro atoms. The van der Waals surface area contributed by atoms with Crippen molar-refractivity contribution >= 4 is 0 Å². The standard InChI is InChI=1S/C14H28N2O/c1-17-11-13-6-5-9-16(10-13)12-14(15)7-3-2-4-8-14/h13H,2-12,15H2,1H3. The molecule has 2 fully saturated rings. The Hall–Kier alpha value is -0.120. The molecule has 0 bridgehead atoms. The summed E-state index contributed by atoms with van der Waals surface area (Å²) in [6.07, 6.45) is 9.10. The summed E-state index contributed by atoms with van der Waals surface area (Å²) in [5, 5.41) is 0. The van der Waals surface area contributed by atoms with Crippen molar-refractivity contribution in [1.82, 2.24) is 4.90 Å². The monoisotopic (exact) mass is 240 g/mol. The maximum atomic E-state index is 6.54. The van der Waals surface area contributed by atoms with E-state index in [1.54, 1.807) is 0 Å². The average molecular weight is 240 g/mol. The number of nitrogens with zero attached hydrogens (tertiary/aromatic N) is 1. The molecule has 3 nitrogen and oxygen atoms in total. The molecule has 1 aliphatic carbocycles. The van der Waals surface area contributed by atoms with Gasteiger partial charge in [0, 0.05) is 25.7 Å². The molecule has 0 aromatic carbocycles. The first-order valence-electron chi connectivity index (χ1n) is 7.22. The van der Waals surface area contributed by atoms with Crippen molar-refractivity contribution in [3.05, 3.63) is 0 Å². The van der Waals surface area contributed by atoms with E-state index in [2.05, 4.69) is 4.90 Å². The van der Waals surface area contributed by atoms with Gasteiger partial charge in [-0.15, -0.1) is 0 Å². The van der Waals surface area contributed by atoms with E-state index < -0.39 is 0 Å². The van der Waals surface area contributed by atoms with Crippen LogP contribution in [0, 0.1) is 5.92 Å². The summed E-state index contributed by atoms with van der Waals surface area (Å²) >= 11 is 0. The van der Waals surface area contributed by atoms with Crippen LogP contribution in [0.1, 0.15) is 44.9 Å². The zero-order valence-corrected chi connectivity index (χ0v) is 11.3. The molecule has 0 amide bonds. The fraction of sp³-hybridized carbons (Fsp3) is 1.00. The average Bonchev–Trinajstić information content (AvgIpc) is 2.30. The fourth-order valence-electron chi connectivity index (χ4n) is 3.53. The van der Waals surface area contributed by atoms with Crippen molar-refractivity contribution in [3.63, 3.8) is 0 Å². The Morgan fingerprint density at radius 3 is 2.71 bits per heavy atom. The number of ether oxygens (including phenoxy) is 1. The molecule has 1 atom stereocenters. The lowest BCUT2D eigenvalue weighted by atomic mass is 9.81. The topological polar surface area (TPSA) is 38.5 Å². The highest BCUT2D eigenvalue weighted by atomic mass is 16.5. The molecule has 1 saturated carbocycles. The van der Waals surface area contributed by atoms with Crippen LogP contribution in [0.4, 0.5) is 0 Å². The Balaban J connectivity index is 1.81. The van der Waals surface area contributed by atoms with Gasteiger partial charge in [0.1, 0.15) is 0 Å². The van der Waals surface area contributed by atoms with E-state index in [1.165, 1.54) is 58.0 Å². The number of hydrogen-bond acceptors (Lipinski definition) is 3. The summed E-state index contributed by atoms with van der Waals surface area (Å²) in [5.41, 5.74) is 6.64. The summed E-state index contributed by atoms with van der Waals surface area (Å²) in [7, 11) is 1.81. The van der Waals surface area contributed by atoms with E-state index in [9.17, 15) is 0 Å². The van der Waals surface area contributed by atoms with Gasteiger partial charge in [-0.25, -0.2) is 0 Å². The maximum absolute atomic E-state index is 6.54. The first-order valence-corrected chi connectivity index (χ1v) is 7.22. The van der Waals surface area contributed by atoms with Gasteiger partial charge < -0.3 is 15.4 Å². The van der Waals surface area contributed by atoms with Gasteiger partial charge >= 0.3 is 0 Å². The van der Waals surface area contributed by atoms with Gasteiger partial charge in [0.2, 0.25) is 0 Å². The third-order valence-corrected chi connectivity index (χ3v) is 4.39. The second kappa shape index (κ2) is 6.17. The third-order valence-electron chi connectivity index (χ3n) is 4.39. The second-order valence-electron chi connectivity index (χ2n) is 6.12. The van der Waals surface area contributed by atoms with E-state index in [1.807, 2.05) is 7.11 Å². The Bertz CT molecular complexity index is 224. The molecule has 1 unspecified atom stereocenters. The van der Waals surface area contributed by atoms with Crippen LogP contribution in [0.15, 0.2) is 0 Å². The smallest absolute Gasteiger partial charge is 0.0502 e. The van der Waals surface area contributed by atoms with Crippen LogP contribution in [0.2, 0.25) is 0 Å². The predicted molar refractivity (Wildman–Crippen MR) is 71.0 cm³/mol. The molecule has 1 aliphatic heterocycles. The first kappa shape index (κ1) is 13.3. The minimum absolute atomic E-state index is 0.104. The molecule has 100 valence electrons. The molecule has 2 N–H and O–H groups in total. The first-order chi connectivity index (χ1) is 8.22. The number of nitrogens with two attached hydrogens (primary N) is 1. The molecular formula is C14H28N2O. The minimum Gasteiger partial charge on any atom is -0.384 e. The molecule has 2 aliphatic rings. The van der Waals surface area contributed by atoms with Crippen molar-refractivity contribution in [1.29, 1.82) is 0 Å². The zero-order valence-electron chi connectivity index (χ0n) is 11.3. The Labute approximate surface area is 106 Å². The Morgan fingerprint density at radius 2 is 2.00 bits per heavy atom. The van der Waals surface area contributed by atoms with Crippen molar-refractivity contribution < 1.29 is 4.74 Å². The van der Waals surface area contributed by atoms with Crippen molar-refractivity contribution in [3.8, 4) is 0 Å². The highest BCUT2D eigenvalue weighted by molar-refractivity contribution is 4.91. The molecule has 1 saturated heterocycles. The van der Waals surface area contributed by atoms with E-state index in [0.29, 0.717) is 0 Å². The van der Waals surface area contributed by atoms with Gasteiger partial charge in [0.25, 0.3) is 0 Å². The molecule has 3 heteroatoms. The summed E-state index contributed by atoms with van der Waals surface area (Å²) in [4.78, 5) is 2.58. The second-order valence-corrected chi connectivity index (χ2v) is 6.12. The Morgan fingerprint density at radius 1 is 1.24 bits per heavy atom. The molecule has 0 aromatic rings. The number of methoxy groups -OCH3 is 1.